The van der Waals surface area contributed by atoms with Crippen LogP contribution in [0.25, 0.3) is 22.0 Å². The Morgan fingerprint density at radius 2 is 1.79 bits per heavy atom. The van der Waals surface area contributed by atoms with Crippen LogP contribution >= 0.6 is 11.8 Å². The third kappa shape index (κ3) is 5.55. The van der Waals surface area contributed by atoms with Crippen LogP contribution in [0.3, 0.4) is 0 Å². The van der Waals surface area contributed by atoms with Gasteiger partial charge >= 0.3 is 5.97 Å². The van der Waals surface area contributed by atoms with E-state index in [9.17, 15) is 9.90 Å². The van der Waals surface area contributed by atoms with Gasteiger partial charge in [0.1, 0.15) is 5.75 Å². The van der Waals surface area contributed by atoms with E-state index in [4.69, 9.17) is 4.74 Å². The zero-order valence-electron chi connectivity index (χ0n) is 22.1. The second kappa shape index (κ2) is 12.2. The number of esters is 1. The van der Waals surface area contributed by atoms with E-state index >= 15 is 0 Å². The van der Waals surface area contributed by atoms with Gasteiger partial charge in [-0.3, -0.25) is 4.98 Å². The summed E-state index contributed by atoms with van der Waals surface area (Å²) < 4.78 is 7.78. The standard InChI is InChI=1S/C32H31N3O3S/c1-3-38-32(37)30-28(21-39-24-14-8-5-9-15-24)35(20-22-11-10-16-34-18-22)27-17-25(23-12-6-4-7-13-23)31(36)26(19-33-2)29(27)30/h4-18,33,36H,3,19-21H2,1-2H3. The van der Waals surface area contributed by atoms with Crippen molar-refractivity contribution in [3.8, 4) is 16.9 Å². The first kappa shape index (κ1) is 26.5. The molecule has 0 saturated carbocycles. The van der Waals surface area contributed by atoms with Crippen molar-refractivity contribution in [3.05, 3.63) is 114 Å². The summed E-state index contributed by atoms with van der Waals surface area (Å²) in [6, 6.07) is 25.9. The third-order valence-electron chi connectivity index (χ3n) is 6.64. The maximum absolute atomic E-state index is 13.6. The first-order chi connectivity index (χ1) is 19.1. The number of benzene rings is 3. The van der Waals surface area contributed by atoms with Gasteiger partial charge in [-0.1, -0.05) is 54.6 Å². The zero-order valence-corrected chi connectivity index (χ0v) is 22.9. The van der Waals surface area contributed by atoms with Crippen LogP contribution < -0.4 is 5.32 Å². The molecule has 39 heavy (non-hydrogen) atoms. The Hall–Kier alpha value is -4.07. The summed E-state index contributed by atoms with van der Waals surface area (Å²) in [6.45, 7) is 2.98. The molecule has 6 nitrogen and oxygen atoms in total. The van der Waals surface area contributed by atoms with Crippen LogP contribution in [-0.4, -0.2) is 34.3 Å². The Labute approximate surface area is 232 Å². The van der Waals surface area contributed by atoms with Crippen molar-refractivity contribution in [3.63, 3.8) is 0 Å². The minimum Gasteiger partial charge on any atom is -0.507 e. The highest BCUT2D eigenvalue weighted by atomic mass is 32.2. The van der Waals surface area contributed by atoms with Crippen LogP contribution in [0.5, 0.6) is 5.75 Å². The molecular formula is C32H31N3O3S. The Morgan fingerprint density at radius 3 is 2.46 bits per heavy atom. The van der Waals surface area contributed by atoms with Crippen molar-refractivity contribution < 1.29 is 14.6 Å². The molecule has 0 fully saturated rings. The Balaban J connectivity index is 1.82. The number of pyridine rings is 1. The van der Waals surface area contributed by atoms with Crippen LogP contribution in [0.2, 0.25) is 0 Å². The van der Waals surface area contributed by atoms with Gasteiger partial charge in [-0.25, -0.2) is 4.79 Å². The molecule has 0 radical (unpaired) electrons. The second-order valence-electron chi connectivity index (χ2n) is 9.13. The average molecular weight is 538 g/mol. The van der Waals surface area contributed by atoms with E-state index in [0.717, 1.165) is 32.8 Å². The summed E-state index contributed by atoms with van der Waals surface area (Å²) in [5.41, 5.74) is 5.53. The zero-order chi connectivity index (χ0) is 27.2. The molecule has 0 spiro atoms. The number of rotatable bonds is 10. The number of carbonyl (C=O) groups excluding carboxylic acids is 1. The van der Waals surface area contributed by atoms with Crippen LogP contribution in [0, 0.1) is 0 Å². The number of thioether (sulfide) groups is 1. The molecule has 5 rings (SSSR count). The fourth-order valence-electron chi connectivity index (χ4n) is 4.91. The summed E-state index contributed by atoms with van der Waals surface area (Å²) >= 11 is 1.66. The number of aromatic nitrogens is 2. The molecule has 0 aliphatic heterocycles. The Kier molecular flexibility index (Phi) is 8.30. The fourth-order valence-corrected chi connectivity index (χ4v) is 5.87. The lowest BCUT2D eigenvalue weighted by Crippen LogP contribution is -2.11. The SMILES string of the molecule is CCOC(=O)c1c(CSc2ccccc2)n(Cc2cccnc2)c2cc(-c3ccccc3)c(O)c(CNC)c12. The van der Waals surface area contributed by atoms with Crippen LogP contribution in [0.1, 0.15) is 34.1 Å². The van der Waals surface area contributed by atoms with Gasteiger partial charge in [-0.05, 0) is 49.4 Å². The summed E-state index contributed by atoms with van der Waals surface area (Å²) in [7, 11) is 1.84. The predicted molar refractivity (Wildman–Crippen MR) is 157 cm³/mol. The van der Waals surface area contributed by atoms with Gasteiger partial charge in [-0.2, -0.15) is 0 Å². The molecule has 0 unspecified atom stereocenters. The monoisotopic (exact) mass is 537 g/mol. The number of phenolic OH excluding ortho intramolecular Hbond substituents is 1. The summed E-state index contributed by atoms with van der Waals surface area (Å²) in [6.07, 6.45) is 3.60. The molecule has 0 amide bonds. The molecular weight excluding hydrogens is 506 g/mol. The lowest BCUT2D eigenvalue weighted by molar-refractivity contribution is 0.0527. The molecule has 5 aromatic rings. The summed E-state index contributed by atoms with van der Waals surface area (Å²) in [5.74, 6) is 0.322. The van der Waals surface area contributed by atoms with Crippen molar-refractivity contribution in [1.29, 1.82) is 0 Å². The van der Waals surface area contributed by atoms with Gasteiger partial charge in [0, 0.05) is 58.3 Å². The number of aromatic hydroxyl groups is 1. The first-order valence-corrected chi connectivity index (χ1v) is 13.9. The highest BCUT2D eigenvalue weighted by Crippen LogP contribution is 2.43. The molecule has 7 heteroatoms. The largest absolute Gasteiger partial charge is 0.507 e. The summed E-state index contributed by atoms with van der Waals surface area (Å²) in [4.78, 5) is 19.0. The maximum atomic E-state index is 13.6. The molecule has 198 valence electrons. The number of nitrogens with zero attached hydrogens (tertiary/aromatic N) is 2. The lowest BCUT2D eigenvalue weighted by Gasteiger charge is -2.15. The van der Waals surface area contributed by atoms with Crippen LogP contribution in [0.15, 0.2) is 96.2 Å². The van der Waals surface area contributed by atoms with E-state index in [1.54, 1.807) is 18.0 Å². The summed E-state index contributed by atoms with van der Waals surface area (Å²) in [5, 5.41) is 15.5. The van der Waals surface area contributed by atoms with Crippen molar-refractivity contribution in [2.75, 3.05) is 13.7 Å². The Bertz CT molecular complexity index is 1570. The van der Waals surface area contributed by atoms with Crippen molar-refractivity contribution in [2.45, 2.75) is 30.7 Å². The smallest absolute Gasteiger partial charge is 0.340 e. The number of hydrogen-bond donors (Lipinski definition) is 2. The minimum atomic E-state index is -0.389. The molecule has 0 saturated heterocycles. The highest BCUT2D eigenvalue weighted by molar-refractivity contribution is 7.98. The fraction of sp³-hybridized carbons (Fsp3) is 0.188. The van der Waals surface area contributed by atoms with Gasteiger partial charge in [0.25, 0.3) is 0 Å². The van der Waals surface area contributed by atoms with Crippen molar-refractivity contribution >= 4 is 28.6 Å². The van der Waals surface area contributed by atoms with Gasteiger partial charge in [0.2, 0.25) is 0 Å². The minimum absolute atomic E-state index is 0.161. The highest BCUT2D eigenvalue weighted by Gasteiger charge is 2.29. The molecule has 0 aliphatic rings. The molecule has 2 heterocycles. The molecule has 2 N–H and O–H groups in total. The van der Waals surface area contributed by atoms with Gasteiger partial charge in [0.05, 0.1) is 17.7 Å². The van der Waals surface area contributed by atoms with Crippen molar-refractivity contribution in [1.82, 2.24) is 14.9 Å². The van der Waals surface area contributed by atoms with Crippen molar-refractivity contribution in [2.24, 2.45) is 0 Å². The molecule has 0 aliphatic carbocycles. The Morgan fingerprint density at radius 1 is 1.05 bits per heavy atom. The number of phenols is 1. The second-order valence-corrected chi connectivity index (χ2v) is 10.2. The topological polar surface area (TPSA) is 76.4 Å². The number of nitrogens with one attached hydrogen (secondary N) is 1. The number of carbonyl (C=O) groups is 1. The number of ether oxygens (including phenoxy) is 1. The third-order valence-corrected chi connectivity index (χ3v) is 7.66. The molecule has 3 aromatic carbocycles. The number of hydrogen-bond acceptors (Lipinski definition) is 6. The predicted octanol–water partition coefficient (Wildman–Crippen LogP) is 6.65. The first-order valence-electron chi connectivity index (χ1n) is 13.0. The maximum Gasteiger partial charge on any atom is 0.340 e. The van der Waals surface area contributed by atoms with E-state index in [2.05, 4.69) is 27.0 Å². The van der Waals surface area contributed by atoms with Crippen LogP contribution in [0.4, 0.5) is 0 Å². The lowest BCUT2D eigenvalue weighted by atomic mass is 9.96. The molecule has 0 atom stereocenters. The van der Waals surface area contributed by atoms with E-state index < -0.39 is 0 Å². The normalized spacial score (nSPS) is 11.1. The van der Waals surface area contributed by atoms with E-state index in [-0.39, 0.29) is 18.3 Å². The van der Waals surface area contributed by atoms with E-state index in [1.807, 2.05) is 86.9 Å². The van der Waals surface area contributed by atoms with Gasteiger partial charge in [0.15, 0.2) is 0 Å². The average Bonchev–Trinajstić information content (AvgIpc) is 3.27. The number of fused-ring (bicyclic) bond motifs is 1. The quantitative estimate of drug-likeness (QED) is 0.154. The van der Waals surface area contributed by atoms with Crippen LogP contribution in [-0.2, 0) is 23.6 Å². The van der Waals surface area contributed by atoms with E-state index in [0.29, 0.717) is 35.4 Å². The molecule has 2 aromatic heterocycles. The molecule has 0 bridgehead atoms. The van der Waals surface area contributed by atoms with E-state index in [1.165, 1.54) is 0 Å². The van der Waals surface area contributed by atoms with Gasteiger partial charge in [-0.15, -0.1) is 11.8 Å². The van der Waals surface area contributed by atoms with Gasteiger partial charge < -0.3 is 19.7 Å².